The molecule has 112 valence electrons. The maximum atomic E-state index is 4.62. The molecule has 1 N–H and O–H groups in total. The summed E-state index contributed by atoms with van der Waals surface area (Å²) in [5.41, 5.74) is 1.03. The van der Waals surface area contributed by atoms with Gasteiger partial charge in [0.05, 0.1) is 18.1 Å². The predicted octanol–water partition coefficient (Wildman–Crippen LogP) is 2.99. The Hall–Kier alpha value is -1.16. The van der Waals surface area contributed by atoms with Crippen molar-refractivity contribution in [2.24, 2.45) is 5.92 Å². The summed E-state index contributed by atoms with van der Waals surface area (Å²) in [6, 6.07) is 0.701. The van der Waals surface area contributed by atoms with Crippen LogP contribution in [-0.2, 0) is 6.54 Å². The third-order valence-electron chi connectivity index (χ3n) is 3.65. The lowest BCUT2D eigenvalue weighted by molar-refractivity contribution is 0.567. The van der Waals surface area contributed by atoms with E-state index in [-0.39, 0.29) is 0 Å². The van der Waals surface area contributed by atoms with Gasteiger partial charge in [0.25, 0.3) is 0 Å². The van der Waals surface area contributed by atoms with Crippen molar-refractivity contribution in [3.8, 4) is 0 Å². The van der Waals surface area contributed by atoms with Crippen LogP contribution in [0.25, 0.3) is 0 Å². The van der Waals surface area contributed by atoms with Crippen molar-refractivity contribution in [1.82, 2.24) is 15.3 Å². The average Bonchev–Trinajstić information content (AvgIpc) is 3.25. The van der Waals surface area contributed by atoms with E-state index in [1.807, 2.05) is 12.4 Å². The fourth-order valence-electron chi connectivity index (χ4n) is 2.25. The Kier molecular flexibility index (Phi) is 5.77. The van der Waals surface area contributed by atoms with Crippen LogP contribution >= 0.6 is 0 Å². The molecule has 4 heteroatoms. The maximum Gasteiger partial charge on any atom is 0.147 e. The first kappa shape index (κ1) is 15.2. The van der Waals surface area contributed by atoms with Crippen molar-refractivity contribution >= 4 is 5.82 Å². The zero-order valence-corrected chi connectivity index (χ0v) is 13.1. The molecule has 0 aromatic carbocycles. The molecule has 1 saturated carbocycles. The Bertz CT molecular complexity index is 384. The van der Waals surface area contributed by atoms with Gasteiger partial charge in [0.2, 0.25) is 0 Å². The molecule has 1 heterocycles. The molecule has 20 heavy (non-hydrogen) atoms. The van der Waals surface area contributed by atoms with Crippen molar-refractivity contribution in [2.75, 3.05) is 18.0 Å². The van der Waals surface area contributed by atoms with Gasteiger partial charge in [-0.05, 0) is 38.1 Å². The molecule has 1 aliphatic rings. The van der Waals surface area contributed by atoms with Crippen LogP contribution in [0.5, 0.6) is 0 Å². The summed E-state index contributed by atoms with van der Waals surface area (Å²) in [7, 11) is 0. The maximum absolute atomic E-state index is 4.62. The standard InChI is InChI=1S/C16H28N4/c1-4-8-17-10-14-11-19-16(12-18-14)20(15-5-6-15)9-7-13(2)3/h11-13,15,17H,4-10H2,1-3H3. The van der Waals surface area contributed by atoms with Crippen LogP contribution in [0.15, 0.2) is 12.4 Å². The molecule has 4 nitrogen and oxygen atoms in total. The van der Waals surface area contributed by atoms with Crippen LogP contribution < -0.4 is 10.2 Å². The molecule has 0 atom stereocenters. The highest BCUT2D eigenvalue weighted by Crippen LogP contribution is 2.30. The van der Waals surface area contributed by atoms with Gasteiger partial charge >= 0.3 is 0 Å². The third-order valence-corrected chi connectivity index (χ3v) is 3.65. The first-order valence-corrected chi connectivity index (χ1v) is 7.99. The summed E-state index contributed by atoms with van der Waals surface area (Å²) >= 11 is 0. The molecule has 0 spiro atoms. The van der Waals surface area contributed by atoms with E-state index in [0.717, 1.165) is 43.5 Å². The average molecular weight is 276 g/mol. The smallest absolute Gasteiger partial charge is 0.147 e. The van der Waals surface area contributed by atoms with Crippen molar-refractivity contribution in [3.05, 3.63) is 18.1 Å². The molecule has 1 aromatic rings. The van der Waals surface area contributed by atoms with Crippen molar-refractivity contribution < 1.29 is 0 Å². The number of aromatic nitrogens is 2. The van der Waals surface area contributed by atoms with E-state index in [0.29, 0.717) is 6.04 Å². The zero-order valence-electron chi connectivity index (χ0n) is 13.1. The summed E-state index contributed by atoms with van der Waals surface area (Å²) in [5.74, 6) is 1.79. The van der Waals surface area contributed by atoms with Crippen LogP contribution in [0.1, 0.15) is 52.1 Å². The molecule has 0 radical (unpaired) electrons. The summed E-state index contributed by atoms with van der Waals surface area (Å²) in [5, 5.41) is 3.36. The van der Waals surface area contributed by atoms with Gasteiger partial charge in [-0.2, -0.15) is 0 Å². The largest absolute Gasteiger partial charge is 0.352 e. The molecule has 1 fully saturated rings. The van der Waals surface area contributed by atoms with Crippen molar-refractivity contribution in [1.29, 1.82) is 0 Å². The molecule has 0 unspecified atom stereocenters. The second kappa shape index (κ2) is 7.58. The summed E-state index contributed by atoms with van der Waals surface area (Å²) in [4.78, 5) is 11.6. The van der Waals surface area contributed by atoms with E-state index in [4.69, 9.17) is 0 Å². The van der Waals surface area contributed by atoms with E-state index in [1.165, 1.54) is 19.3 Å². The lowest BCUT2D eigenvalue weighted by Gasteiger charge is -2.24. The lowest BCUT2D eigenvalue weighted by atomic mass is 10.1. The van der Waals surface area contributed by atoms with Gasteiger partial charge in [0, 0.05) is 19.1 Å². The summed E-state index contributed by atoms with van der Waals surface area (Å²) in [6.07, 6.45) is 8.84. The number of rotatable bonds is 9. The number of hydrogen-bond donors (Lipinski definition) is 1. The van der Waals surface area contributed by atoms with E-state index in [9.17, 15) is 0 Å². The molecule has 0 amide bonds. The third kappa shape index (κ3) is 4.75. The lowest BCUT2D eigenvalue weighted by Crippen LogP contribution is -2.29. The van der Waals surface area contributed by atoms with Gasteiger partial charge < -0.3 is 10.2 Å². The first-order valence-electron chi connectivity index (χ1n) is 7.99. The Balaban J connectivity index is 1.91. The highest BCUT2D eigenvalue weighted by atomic mass is 15.2. The highest BCUT2D eigenvalue weighted by Gasteiger charge is 2.29. The first-order chi connectivity index (χ1) is 9.70. The second-order valence-electron chi connectivity index (χ2n) is 6.15. The minimum Gasteiger partial charge on any atom is -0.352 e. The van der Waals surface area contributed by atoms with Gasteiger partial charge in [0.15, 0.2) is 0 Å². The second-order valence-corrected chi connectivity index (χ2v) is 6.15. The normalized spacial score (nSPS) is 14.8. The van der Waals surface area contributed by atoms with Crippen LogP contribution in [0, 0.1) is 5.92 Å². The van der Waals surface area contributed by atoms with Crippen molar-refractivity contribution in [2.45, 2.75) is 59.0 Å². The number of hydrogen-bond acceptors (Lipinski definition) is 4. The SMILES string of the molecule is CCCNCc1cnc(N(CCC(C)C)C2CC2)cn1. The molecular formula is C16H28N4. The van der Waals surface area contributed by atoms with E-state index in [2.05, 4.69) is 41.0 Å². The Morgan fingerprint density at radius 2 is 2.10 bits per heavy atom. The molecular weight excluding hydrogens is 248 g/mol. The molecule has 0 aliphatic heterocycles. The number of nitrogens with zero attached hydrogens (tertiary/aromatic N) is 3. The monoisotopic (exact) mass is 276 g/mol. The van der Waals surface area contributed by atoms with E-state index >= 15 is 0 Å². The van der Waals surface area contributed by atoms with Crippen molar-refractivity contribution in [3.63, 3.8) is 0 Å². The quantitative estimate of drug-likeness (QED) is 0.704. The van der Waals surface area contributed by atoms with Gasteiger partial charge in [-0.15, -0.1) is 0 Å². The van der Waals surface area contributed by atoms with Crippen LogP contribution in [0.2, 0.25) is 0 Å². The molecule has 1 aliphatic carbocycles. The van der Waals surface area contributed by atoms with Gasteiger partial charge in [-0.3, -0.25) is 4.98 Å². The fraction of sp³-hybridized carbons (Fsp3) is 0.750. The fourth-order valence-corrected chi connectivity index (χ4v) is 2.25. The summed E-state index contributed by atoms with van der Waals surface area (Å²) in [6.45, 7) is 9.68. The van der Waals surface area contributed by atoms with Crippen LogP contribution in [0.3, 0.4) is 0 Å². The minimum absolute atomic E-state index is 0.701. The van der Waals surface area contributed by atoms with Gasteiger partial charge in [-0.25, -0.2) is 4.98 Å². The number of anilines is 1. The Morgan fingerprint density at radius 3 is 2.65 bits per heavy atom. The predicted molar refractivity (Wildman–Crippen MR) is 83.9 cm³/mol. The minimum atomic E-state index is 0.701. The molecule has 0 bridgehead atoms. The highest BCUT2D eigenvalue weighted by molar-refractivity contribution is 5.39. The summed E-state index contributed by atoms with van der Waals surface area (Å²) < 4.78 is 0. The Labute approximate surface area is 123 Å². The molecule has 1 aromatic heterocycles. The molecule has 0 saturated heterocycles. The molecule has 2 rings (SSSR count). The van der Waals surface area contributed by atoms with Gasteiger partial charge in [-0.1, -0.05) is 20.8 Å². The Morgan fingerprint density at radius 1 is 1.30 bits per heavy atom. The van der Waals surface area contributed by atoms with Crippen LogP contribution in [0.4, 0.5) is 5.82 Å². The van der Waals surface area contributed by atoms with E-state index in [1.54, 1.807) is 0 Å². The topological polar surface area (TPSA) is 41.1 Å². The van der Waals surface area contributed by atoms with E-state index < -0.39 is 0 Å². The van der Waals surface area contributed by atoms with Crippen LogP contribution in [-0.4, -0.2) is 29.1 Å². The van der Waals surface area contributed by atoms with Gasteiger partial charge in [0.1, 0.15) is 5.82 Å². The number of nitrogens with one attached hydrogen (secondary N) is 1. The zero-order chi connectivity index (χ0) is 14.4.